The number of allylic oxidation sites excluding steroid dienone is 6. The number of carbonyl (C=O) groups is 5. The molecule has 73 heavy (non-hydrogen) atoms. The number of carbonyl (C=O) groups excluding carboxylic acids is 5. The van der Waals surface area contributed by atoms with Crippen LogP contribution in [0, 0.1) is 35.5 Å². The molecule has 15 nitrogen and oxygen atoms in total. The van der Waals surface area contributed by atoms with Gasteiger partial charge in [0, 0.05) is 75.6 Å². The molecule has 2 saturated heterocycles. The molecule has 0 aromatic rings. The number of cyclic esters (lactones) is 1. The number of ketones is 3. The predicted octanol–water partition coefficient (Wildman–Crippen LogP) is 8.17. The largest absolute Gasteiger partial charge is 0.460 e. The Kier molecular flexibility index (Phi) is 27.1. The molecule has 0 aromatic heterocycles. The smallest absolute Gasteiger partial charge is 0.329 e. The number of aliphatic hydroxyl groups excluding tert-OH is 2. The summed E-state index contributed by atoms with van der Waals surface area (Å²) in [6, 6.07) is -1.15. The molecule has 4 rings (SSSR count). The number of methoxy groups -OCH3 is 2. The van der Waals surface area contributed by atoms with Crippen molar-refractivity contribution in [2.24, 2.45) is 35.5 Å². The molecule has 1 amide bonds. The number of hydrogen-bond acceptors (Lipinski definition) is 14. The molecule has 3 heterocycles. The van der Waals surface area contributed by atoms with E-state index in [4.69, 9.17) is 28.4 Å². The van der Waals surface area contributed by atoms with Crippen molar-refractivity contribution < 1.29 is 67.7 Å². The fourth-order valence-electron chi connectivity index (χ4n) is 10.9. The van der Waals surface area contributed by atoms with Gasteiger partial charge in [-0.2, -0.15) is 0 Å². The zero-order valence-electron chi connectivity index (χ0n) is 45.3. The second kappa shape index (κ2) is 31.5. The van der Waals surface area contributed by atoms with Crippen LogP contribution in [0.2, 0.25) is 0 Å². The summed E-state index contributed by atoms with van der Waals surface area (Å²) in [5.74, 6) is -7.92. The van der Waals surface area contributed by atoms with E-state index in [9.17, 15) is 39.3 Å². The number of rotatable bonds is 14. The number of fused-ring (bicyclic) bond motifs is 3. The molecular weight excluding hydrogens is 1050 g/mol. The van der Waals surface area contributed by atoms with Crippen LogP contribution in [-0.4, -0.2) is 149 Å². The van der Waals surface area contributed by atoms with Crippen LogP contribution in [-0.2, 0) is 52.4 Å². The Hall–Kier alpha value is -2.68. The Bertz CT molecular complexity index is 1900. The van der Waals surface area contributed by atoms with Crippen molar-refractivity contribution in [3.8, 4) is 0 Å². The molecule has 414 valence electrons. The number of alkyl halides is 1. The Morgan fingerprint density at radius 3 is 2.29 bits per heavy atom. The predicted molar refractivity (Wildman–Crippen MR) is 288 cm³/mol. The summed E-state index contributed by atoms with van der Waals surface area (Å²) in [5.41, 5.74) is 1.26. The molecule has 1 saturated carbocycles. The van der Waals surface area contributed by atoms with E-state index in [1.807, 2.05) is 58.1 Å². The number of amides is 1. The summed E-state index contributed by atoms with van der Waals surface area (Å²) < 4.78 is 37.7. The molecule has 4 aliphatic rings. The number of esters is 1. The summed E-state index contributed by atoms with van der Waals surface area (Å²) in [4.78, 5) is 72.8. The monoisotopic (exact) mass is 1140 g/mol. The minimum Gasteiger partial charge on any atom is -0.460 e. The van der Waals surface area contributed by atoms with Crippen molar-refractivity contribution in [3.63, 3.8) is 0 Å². The molecule has 0 aromatic carbocycles. The number of halogens is 1. The fourth-order valence-corrected chi connectivity index (χ4v) is 11.2. The van der Waals surface area contributed by atoms with Gasteiger partial charge in [0.1, 0.15) is 30.1 Å². The Labute approximate surface area is 449 Å². The average molecular weight is 1140 g/mol. The number of nitrogens with zero attached hydrogens (tertiary/aromatic N) is 1. The molecule has 1 aliphatic carbocycles. The Morgan fingerprint density at radius 2 is 1.59 bits per heavy atom. The Balaban J connectivity index is 1.71. The molecule has 0 spiro atoms. The van der Waals surface area contributed by atoms with Crippen molar-refractivity contribution in [1.82, 2.24) is 4.90 Å². The first-order valence-corrected chi connectivity index (χ1v) is 28.7. The topological polar surface area (TPSA) is 205 Å². The lowest BCUT2D eigenvalue weighted by molar-refractivity contribution is -0.266. The number of aliphatic hydroxyl groups is 3. The van der Waals surface area contributed by atoms with Crippen molar-refractivity contribution in [2.45, 2.75) is 199 Å². The van der Waals surface area contributed by atoms with Crippen molar-refractivity contribution >= 4 is 51.8 Å². The van der Waals surface area contributed by atoms with E-state index in [0.717, 1.165) is 35.7 Å². The first-order valence-electron chi connectivity index (χ1n) is 27.2. The van der Waals surface area contributed by atoms with Gasteiger partial charge in [-0.1, -0.05) is 93.7 Å². The maximum absolute atomic E-state index is 14.6. The third kappa shape index (κ3) is 18.5. The average Bonchev–Trinajstić information content (AvgIpc) is 3.37. The second-order valence-corrected chi connectivity index (χ2v) is 22.6. The fraction of sp³-hybridized carbons (Fsp3) is 0.772. The molecule has 1 unspecified atom stereocenters. The highest BCUT2D eigenvalue weighted by Gasteiger charge is 2.53. The van der Waals surface area contributed by atoms with E-state index in [1.165, 1.54) is 12.0 Å². The van der Waals surface area contributed by atoms with Gasteiger partial charge in [-0.05, 0) is 126 Å². The van der Waals surface area contributed by atoms with Crippen LogP contribution in [0.4, 0.5) is 0 Å². The molecule has 3 fully saturated rings. The summed E-state index contributed by atoms with van der Waals surface area (Å²) in [7, 11) is 3.08. The SMILES string of the molecule is CO[C@@H]1C[C@H](C[C@@H](C)[C@@H]2CC(=O)[C@H](C)/C=C(\C)[C@@H](O)[C@@H](OC)C(=O)[C@H](C)C[C@H](C)/C=C/C=C/C=C(\C)[C@@H](OCCCCO)C[C@@H]3CC[C@@H](C)[C@@](O)(O3)C(=O)C(=O)N3CCCCC3C(=O)O2)CC[C@H]1OCCCI. The molecule has 16 heteroatoms. The van der Waals surface area contributed by atoms with Crippen LogP contribution in [0.25, 0.3) is 0 Å². The highest BCUT2D eigenvalue weighted by molar-refractivity contribution is 14.1. The number of Topliss-reactive ketones (excluding diaryl/α,β-unsaturated/α-hetero) is 3. The standard InChI is InChI=1S/C57H90INO14/c1-36-18-11-10-12-19-37(2)48(71-28-16-15-27-60)34-44-23-21-42(7)57(67,73-44)54(64)55(65)59-26-14-13-20-45(59)56(66)72-49(39(4)32-43-22-24-47(50(33-43)68-8)70-29-17-25-58)35-46(61)38(3)31-41(6)52(63)53(69-9)51(62)40(5)30-36/h10-12,18-19,31,36,38-40,42-45,47-50,52-53,60,63,67H,13-17,20-30,32-35H2,1-9H3/b12-10+,18-11+,37-19+,41-31+/t36-,38-,39-,40-,42-,43+,44+,45?,47-,48+,49+,50-,52-,53+,57-/m1/s1. The van der Waals surface area contributed by atoms with E-state index >= 15 is 0 Å². The van der Waals surface area contributed by atoms with E-state index in [1.54, 1.807) is 34.0 Å². The van der Waals surface area contributed by atoms with Crippen molar-refractivity contribution in [1.29, 1.82) is 0 Å². The van der Waals surface area contributed by atoms with Gasteiger partial charge in [0.2, 0.25) is 5.79 Å². The Morgan fingerprint density at radius 1 is 0.849 bits per heavy atom. The highest BCUT2D eigenvalue weighted by atomic mass is 127. The van der Waals surface area contributed by atoms with E-state index in [-0.39, 0.29) is 73.9 Å². The van der Waals surface area contributed by atoms with Crippen LogP contribution < -0.4 is 0 Å². The quantitative estimate of drug-likeness (QED) is 0.0375. The lowest BCUT2D eigenvalue weighted by Gasteiger charge is -2.43. The van der Waals surface area contributed by atoms with Gasteiger partial charge in [-0.25, -0.2) is 4.79 Å². The van der Waals surface area contributed by atoms with E-state index < -0.39 is 77.8 Å². The number of hydrogen-bond donors (Lipinski definition) is 3. The molecule has 3 aliphatic heterocycles. The maximum Gasteiger partial charge on any atom is 0.329 e. The summed E-state index contributed by atoms with van der Waals surface area (Å²) in [5, 5.41) is 33.1. The van der Waals surface area contributed by atoms with Crippen LogP contribution in [0.3, 0.4) is 0 Å². The van der Waals surface area contributed by atoms with Crippen molar-refractivity contribution in [2.75, 3.05) is 45.0 Å². The first-order chi connectivity index (χ1) is 34.8. The number of piperidine rings is 1. The first kappa shape index (κ1) is 62.9. The van der Waals surface area contributed by atoms with E-state index in [0.29, 0.717) is 70.2 Å². The van der Waals surface area contributed by atoms with E-state index in [2.05, 4.69) is 22.6 Å². The third-order valence-corrected chi connectivity index (χ3v) is 16.4. The van der Waals surface area contributed by atoms with Gasteiger partial charge >= 0.3 is 5.97 Å². The van der Waals surface area contributed by atoms with Crippen molar-refractivity contribution in [3.05, 3.63) is 47.6 Å². The van der Waals surface area contributed by atoms with Gasteiger partial charge in [0.05, 0.1) is 24.4 Å². The highest BCUT2D eigenvalue weighted by Crippen LogP contribution is 2.38. The van der Waals surface area contributed by atoms with Crippen LogP contribution >= 0.6 is 22.6 Å². The van der Waals surface area contributed by atoms with Crippen LogP contribution in [0.1, 0.15) is 145 Å². The summed E-state index contributed by atoms with van der Waals surface area (Å²) in [6.07, 6.45) is 14.6. The van der Waals surface area contributed by atoms with Gasteiger partial charge in [-0.15, -0.1) is 0 Å². The minimum absolute atomic E-state index is 0.00128. The molecule has 15 atom stereocenters. The number of ether oxygens (including phenoxy) is 6. The zero-order valence-corrected chi connectivity index (χ0v) is 47.5. The number of unbranched alkanes of at least 4 members (excludes halogenated alkanes) is 1. The summed E-state index contributed by atoms with van der Waals surface area (Å²) >= 11 is 2.34. The third-order valence-electron chi connectivity index (χ3n) is 15.7. The van der Waals surface area contributed by atoms with Gasteiger partial charge in [-0.3, -0.25) is 19.2 Å². The molecular formula is C57H90INO14. The van der Waals surface area contributed by atoms with Gasteiger partial charge in [0.25, 0.3) is 11.7 Å². The zero-order chi connectivity index (χ0) is 53.8. The second-order valence-electron chi connectivity index (χ2n) is 21.5. The lowest BCUT2D eigenvalue weighted by Crippen LogP contribution is -2.61. The normalized spacial score (nSPS) is 37.3. The van der Waals surface area contributed by atoms with Gasteiger partial charge in [0.15, 0.2) is 5.78 Å². The molecule has 0 radical (unpaired) electrons. The van der Waals surface area contributed by atoms with Crippen LogP contribution in [0.15, 0.2) is 47.6 Å². The summed E-state index contributed by atoms with van der Waals surface area (Å²) in [6.45, 7) is 13.9. The minimum atomic E-state index is -2.46. The lowest BCUT2D eigenvalue weighted by atomic mass is 9.78. The van der Waals surface area contributed by atoms with Gasteiger partial charge < -0.3 is 48.6 Å². The molecule has 3 N–H and O–H groups in total. The van der Waals surface area contributed by atoms with Crippen LogP contribution in [0.5, 0.6) is 0 Å². The maximum atomic E-state index is 14.6. The molecule has 2 bridgehead atoms.